The molecule has 2 heteroatoms. The maximum Gasteiger partial charge on any atom is 0.00670 e. The van der Waals surface area contributed by atoms with E-state index in [1.165, 1.54) is 89.9 Å². The van der Waals surface area contributed by atoms with Crippen LogP contribution in [0.4, 0.5) is 0 Å². The van der Waals surface area contributed by atoms with Crippen molar-refractivity contribution in [1.29, 1.82) is 0 Å². The lowest BCUT2D eigenvalue weighted by molar-refractivity contribution is 0.412. The van der Waals surface area contributed by atoms with Crippen molar-refractivity contribution >= 4 is 0 Å². The van der Waals surface area contributed by atoms with Crippen molar-refractivity contribution in [2.45, 2.75) is 109 Å². The van der Waals surface area contributed by atoms with E-state index in [-0.39, 0.29) is 0 Å². The molecule has 138 valence electrons. The standard InChI is InChI=1S/C21H44N2/c1-3-5-7-9-10-11-13-15-18-21(23-20-16-19-22)17-14-12-8-6-4-2/h4,21,23H,2-3,5-20,22H2,1H3. The van der Waals surface area contributed by atoms with Crippen molar-refractivity contribution in [2.75, 3.05) is 13.1 Å². The van der Waals surface area contributed by atoms with Crippen LogP contribution in [0.3, 0.4) is 0 Å². The van der Waals surface area contributed by atoms with E-state index in [1.54, 1.807) is 0 Å². The van der Waals surface area contributed by atoms with Crippen molar-refractivity contribution in [3.05, 3.63) is 12.7 Å². The Kier molecular flexibility index (Phi) is 19.4. The summed E-state index contributed by atoms with van der Waals surface area (Å²) in [6.07, 6.45) is 22.3. The van der Waals surface area contributed by atoms with Gasteiger partial charge < -0.3 is 11.1 Å². The molecule has 0 aromatic carbocycles. The van der Waals surface area contributed by atoms with Crippen molar-refractivity contribution in [3.8, 4) is 0 Å². The SMILES string of the molecule is C=CCCCCCC(CCCCCCCCCC)NCCCN. The Hall–Kier alpha value is -0.340. The number of nitrogens with two attached hydrogens (primary N) is 1. The lowest BCUT2D eigenvalue weighted by atomic mass is 10.00. The average Bonchev–Trinajstić information content (AvgIpc) is 2.56. The second kappa shape index (κ2) is 19.7. The predicted molar refractivity (Wildman–Crippen MR) is 106 cm³/mol. The molecular weight excluding hydrogens is 280 g/mol. The third-order valence-electron chi connectivity index (χ3n) is 4.68. The molecule has 0 aromatic rings. The largest absolute Gasteiger partial charge is 0.330 e. The van der Waals surface area contributed by atoms with Gasteiger partial charge in [0.05, 0.1) is 0 Å². The van der Waals surface area contributed by atoms with Gasteiger partial charge in [0.15, 0.2) is 0 Å². The van der Waals surface area contributed by atoms with Crippen LogP contribution in [0.1, 0.15) is 103 Å². The zero-order chi connectivity index (χ0) is 17.0. The van der Waals surface area contributed by atoms with Crippen LogP contribution in [0.2, 0.25) is 0 Å². The molecule has 2 nitrogen and oxygen atoms in total. The van der Waals surface area contributed by atoms with E-state index in [4.69, 9.17) is 5.73 Å². The van der Waals surface area contributed by atoms with Gasteiger partial charge in [-0.25, -0.2) is 0 Å². The second-order valence-electron chi connectivity index (χ2n) is 6.98. The predicted octanol–water partition coefficient (Wildman–Crippen LogP) is 5.96. The summed E-state index contributed by atoms with van der Waals surface area (Å²) in [4.78, 5) is 0. The van der Waals surface area contributed by atoms with E-state index in [0.29, 0.717) is 6.04 Å². The van der Waals surface area contributed by atoms with Gasteiger partial charge in [0.2, 0.25) is 0 Å². The highest BCUT2D eigenvalue weighted by molar-refractivity contribution is 4.69. The Labute approximate surface area is 146 Å². The molecule has 1 atom stereocenters. The fourth-order valence-electron chi connectivity index (χ4n) is 3.14. The number of hydrogen-bond donors (Lipinski definition) is 2. The summed E-state index contributed by atoms with van der Waals surface area (Å²) < 4.78 is 0. The quantitative estimate of drug-likeness (QED) is 0.227. The number of allylic oxidation sites excluding steroid dienone is 1. The minimum Gasteiger partial charge on any atom is -0.330 e. The number of rotatable bonds is 19. The first-order chi connectivity index (χ1) is 11.3. The molecule has 0 saturated heterocycles. The monoisotopic (exact) mass is 324 g/mol. The maximum absolute atomic E-state index is 5.61. The highest BCUT2D eigenvalue weighted by atomic mass is 14.9. The summed E-state index contributed by atoms with van der Waals surface area (Å²) in [6.45, 7) is 7.98. The molecule has 0 spiro atoms. The minimum atomic E-state index is 0.713. The number of hydrogen-bond acceptors (Lipinski definition) is 2. The highest BCUT2D eigenvalue weighted by Crippen LogP contribution is 2.14. The topological polar surface area (TPSA) is 38.0 Å². The first-order valence-corrected chi connectivity index (χ1v) is 10.4. The van der Waals surface area contributed by atoms with Crippen molar-refractivity contribution in [2.24, 2.45) is 5.73 Å². The van der Waals surface area contributed by atoms with Gasteiger partial charge in [-0.15, -0.1) is 6.58 Å². The van der Waals surface area contributed by atoms with E-state index in [9.17, 15) is 0 Å². The van der Waals surface area contributed by atoms with E-state index >= 15 is 0 Å². The normalized spacial score (nSPS) is 12.4. The van der Waals surface area contributed by atoms with Crippen molar-refractivity contribution in [1.82, 2.24) is 5.32 Å². The Morgan fingerprint density at radius 1 is 0.826 bits per heavy atom. The summed E-state index contributed by atoms with van der Waals surface area (Å²) in [5.41, 5.74) is 5.61. The van der Waals surface area contributed by atoms with Gasteiger partial charge in [0.1, 0.15) is 0 Å². The summed E-state index contributed by atoms with van der Waals surface area (Å²) in [6, 6.07) is 0.713. The third kappa shape index (κ3) is 17.8. The molecule has 0 fully saturated rings. The molecule has 0 amide bonds. The van der Waals surface area contributed by atoms with Gasteiger partial charge in [-0.1, -0.05) is 77.2 Å². The molecule has 23 heavy (non-hydrogen) atoms. The molecule has 1 unspecified atom stereocenters. The molecule has 0 saturated carbocycles. The van der Waals surface area contributed by atoms with Gasteiger partial charge >= 0.3 is 0 Å². The molecule has 0 aliphatic heterocycles. The van der Waals surface area contributed by atoms with Gasteiger partial charge in [-0.05, 0) is 45.2 Å². The third-order valence-corrected chi connectivity index (χ3v) is 4.68. The highest BCUT2D eigenvalue weighted by Gasteiger charge is 2.07. The molecule has 0 aliphatic rings. The van der Waals surface area contributed by atoms with Crippen LogP contribution >= 0.6 is 0 Å². The van der Waals surface area contributed by atoms with Crippen LogP contribution < -0.4 is 11.1 Å². The molecule has 0 rings (SSSR count). The Morgan fingerprint density at radius 2 is 1.39 bits per heavy atom. The van der Waals surface area contributed by atoms with Crippen molar-refractivity contribution < 1.29 is 0 Å². The number of unbranched alkanes of at least 4 members (excludes halogenated alkanes) is 10. The fourth-order valence-corrected chi connectivity index (χ4v) is 3.14. The Bertz CT molecular complexity index is 228. The lowest BCUT2D eigenvalue weighted by Crippen LogP contribution is -2.31. The molecule has 0 aromatic heterocycles. The van der Waals surface area contributed by atoms with Crippen LogP contribution in [0, 0.1) is 0 Å². The van der Waals surface area contributed by atoms with Crippen LogP contribution in [-0.2, 0) is 0 Å². The summed E-state index contributed by atoms with van der Waals surface area (Å²) in [5.74, 6) is 0. The van der Waals surface area contributed by atoms with Gasteiger partial charge in [0, 0.05) is 6.04 Å². The maximum atomic E-state index is 5.61. The fraction of sp³-hybridized carbons (Fsp3) is 0.905. The first kappa shape index (κ1) is 22.7. The minimum absolute atomic E-state index is 0.713. The average molecular weight is 325 g/mol. The van der Waals surface area contributed by atoms with Gasteiger partial charge in [-0.2, -0.15) is 0 Å². The summed E-state index contributed by atoms with van der Waals surface area (Å²) >= 11 is 0. The first-order valence-electron chi connectivity index (χ1n) is 10.4. The van der Waals surface area contributed by atoms with Crippen LogP contribution in [-0.4, -0.2) is 19.1 Å². The lowest BCUT2D eigenvalue weighted by Gasteiger charge is -2.18. The van der Waals surface area contributed by atoms with Gasteiger partial charge in [0.25, 0.3) is 0 Å². The molecule has 0 heterocycles. The molecule has 3 N–H and O–H groups in total. The summed E-state index contributed by atoms with van der Waals surface area (Å²) in [7, 11) is 0. The van der Waals surface area contributed by atoms with Crippen molar-refractivity contribution in [3.63, 3.8) is 0 Å². The number of nitrogens with one attached hydrogen (secondary N) is 1. The molecular formula is C21H44N2. The molecule has 0 radical (unpaired) electrons. The van der Waals surface area contributed by atoms with E-state index < -0.39 is 0 Å². The Morgan fingerprint density at radius 3 is 1.96 bits per heavy atom. The second-order valence-corrected chi connectivity index (χ2v) is 6.98. The molecule has 0 aliphatic carbocycles. The van der Waals surface area contributed by atoms with E-state index in [0.717, 1.165) is 19.5 Å². The molecule has 0 bridgehead atoms. The summed E-state index contributed by atoms with van der Waals surface area (Å²) in [5, 5.41) is 3.73. The zero-order valence-electron chi connectivity index (χ0n) is 16.0. The van der Waals surface area contributed by atoms with Crippen LogP contribution in [0.25, 0.3) is 0 Å². The van der Waals surface area contributed by atoms with E-state index in [2.05, 4.69) is 18.8 Å². The van der Waals surface area contributed by atoms with Crippen LogP contribution in [0.15, 0.2) is 12.7 Å². The van der Waals surface area contributed by atoms with Crippen LogP contribution in [0.5, 0.6) is 0 Å². The Balaban J connectivity index is 3.63. The van der Waals surface area contributed by atoms with E-state index in [1.807, 2.05) is 6.08 Å². The zero-order valence-corrected chi connectivity index (χ0v) is 16.0. The van der Waals surface area contributed by atoms with Gasteiger partial charge in [-0.3, -0.25) is 0 Å². The smallest absolute Gasteiger partial charge is 0.00670 e.